The van der Waals surface area contributed by atoms with Crippen molar-refractivity contribution in [2.24, 2.45) is 5.92 Å². The maximum atomic E-state index is 12.6. The van der Waals surface area contributed by atoms with Gasteiger partial charge in [-0.25, -0.2) is 0 Å². The number of methoxy groups -OCH3 is 1. The van der Waals surface area contributed by atoms with Crippen LogP contribution in [0.4, 0.5) is 0 Å². The molecule has 4 rings (SSSR count). The molecule has 1 atom stereocenters. The molecule has 6 nitrogen and oxygen atoms in total. The van der Waals surface area contributed by atoms with E-state index in [0.717, 1.165) is 61.8 Å². The molecule has 144 valence electrons. The van der Waals surface area contributed by atoms with Gasteiger partial charge in [-0.15, -0.1) is 0 Å². The maximum Gasteiger partial charge on any atom is 0.229 e. The van der Waals surface area contributed by atoms with Gasteiger partial charge in [0, 0.05) is 31.8 Å². The van der Waals surface area contributed by atoms with Gasteiger partial charge in [0.1, 0.15) is 5.75 Å². The van der Waals surface area contributed by atoms with E-state index in [9.17, 15) is 4.79 Å². The first kappa shape index (κ1) is 18.0. The normalized spacial score (nSPS) is 19.4. The Morgan fingerprint density at radius 1 is 1.26 bits per heavy atom. The number of para-hydroxylation sites is 1. The molecule has 1 unspecified atom stereocenters. The van der Waals surface area contributed by atoms with Crippen LogP contribution in [0, 0.1) is 5.92 Å². The lowest BCUT2D eigenvalue weighted by Crippen LogP contribution is -2.29. The molecule has 1 aliphatic carbocycles. The van der Waals surface area contributed by atoms with Crippen LogP contribution in [0.25, 0.3) is 0 Å². The van der Waals surface area contributed by atoms with E-state index in [0.29, 0.717) is 18.3 Å². The summed E-state index contributed by atoms with van der Waals surface area (Å²) in [6, 6.07) is 7.91. The van der Waals surface area contributed by atoms with Gasteiger partial charge in [0.2, 0.25) is 11.8 Å². The van der Waals surface area contributed by atoms with Crippen LogP contribution in [-0.4, -0.2) is 41.1 Å². The number of hydrogen-bond acceptors (Lipinski definition) is 5. The second kappa shape index (κ2) is 8.11. The maximum absolute atomic E-state index is 12.6. The largest absolute Gasteiger partial charge is 0.496 e. The van der Waals surface area contributed by atoms with Crippen molar-refractivity contribution < 1.29 is 14.1 Å². The number of ether oxygens (including phenoxy) is 1. The fourth-order valence-corrected chi connectivity index (χ4v) is 3.80. The quantitative estimate of drug-likeness (QED) is 0.714. The molecule has 0 bridgehead atoms. The lowest BCUT2D eigenvalue weighted by Gasteiger charge is -2.17. The standard InChI is InChI=1S/C21H27N3O3/c1-26-18-5-3-2-4-16(18)9-11-20(25)24-13-12-15(14-24)6-10-19-22-21(27-23-19)17-7-8-17/h2-5,15,17H,6-14H2,1H3. The van der Waals surface area contributed by atoms with Gasteiger partial charge >= 0.3 is 0 Å². The van der Waals surface area contributed by atoms with Gasteiger partial charge in [0.15, 0.2) is 5.82 Å². The average molecular weight is 369 g/mol. The molecular formula is C21H27N3O3. The Hall–Kier alpha value is -2.37. The van der Waals surface area contributed by atoms with Crippen LogP contribution < -0.4 is 4.74 Å². The molecule has 27 heavy (non-hydrogen) atoms. The highest BCUT2D eigenvalue weighted by Gasteiger charge is 2.30. The van der Waals surface area contributed by atoms with Crippen LogP contribution in [0.2, 0.25) is 0 Å². The lowest BCUT2D eigenvalue weighted by atomic mass is 10.0. The topological polar surface area (TPSA) is 68.5 Å². The number of aromatic nitrogens is 2. The molecule has 2 heterocycles. The first-order chi connectivity index (χ1) is 13.2. The minimum atomic E-state index is 0.235. The van der Waals surface area contributed by atoms with Crippen LogP contribution in [0.5, 0.6) is 5.75 Å². The van der Waals surface area contributed by atoms with E-state index in [4.69, 9.17) is 9.26 Å². The van der Waals surface area contributed by atoms with Crippen molar-refractivity contribution in [2.45, 2.75) is 50.9 Å². The first-order valence-electron chi connectivity index (χ1n) is 9.95. The predicted octanol–water partition coefficient (Wildman–Crippen LogP) is 3.37. The second-order valence-electron chi connectivity index (χ2n) is 7.67. The summed E-state index contributed by atoms with van der Waals surface area (Å²) in [5.74, 6) is 3.76. The van der Waals surface area contributed by atoms with E-state index in [-0.39, 0.29) is 5.91 Å². The molecule has 0 N–H and O–H groups in total. The number of amides is 1. The molecule has 1 saturated carbocycles. The molecule has 2 aromatic rings. The number of rotatable bonds is 8. The Morgan fingerprint density at radius 3 is 2.93 bits per heavy atom. The van der Waals surface area contributed by atoms with Crippen molar-refractivity contribution in [3.05, 3.63) is 41.5 Å². The molecule has 2 fully saturated rings. The van der Waals surface area contributed by atoms with E-state index in [1.165, 1.54) is 12.8 Å². The molecule has 0 spiro atoms. The third-order valence-corrected chi connectivity index (χ3v) is 5.63. The van der Waals surface area contributed by atoms with Gasteiger partial charge < -0.3 is 14.2 Å². The van der Waals surface area contributed by atoms with Gasteiger partial charge in [0.25, 0.3) is 0 Å². The molecular weight excluding hydrogens is 342 g/mol. The lowest BCUT2D eigenvalue weighted by molar-refractivity contribution is -0.130. The van der Waals surface area contributed by atoms with Crippen molar-refractivity contribution >= 4 is 5.91 Å². The highest BCUT2D eigenvalue weighted by atomic mass is 16.5. The number of hydrogen-bond donors (Lipinski definition) is 0. The summed E-state index contributed by atoms with van der Waals surface area (Å²) in [7, 11) is 1.67. The highest BCUT2D eigenvalue weighted by Crippen LogP contribution is 2.39. The van der Waals surface area contributed by atoms with Crippen LogP contribution in [0.15, 0.2) is 28.8 Å². The van der Waals surface area contributed by atoms with Gasteiger partial charge in [-0.3, -0.25) is 4.79 Å². The van der Waals surface area contributed by atoms with Crippen LogP contribution in [0.3, 0.4) is 0 Å². The molecule has 1 aliphatic heterocycles. The first-order valence-corrected chi connectivity index (χ1v) is 9.95. The van der Waals surface area contributed by atoms with Gasteiger partial charge in [-0.1, -0.05) is 23.4 Å². The van der Waals surface area contributed by atoms with Crippen LogP contribution >= 0.6 is 0 Å². The zero-order chi connectivity index (χ0) is 18.6. The number of carbonyl (C=O) groups excluding carboxylic acids is 1. The van der Waals surface area contributed by atoms with E-state index < -0.39 is 0 Å². The monoisotopic (exact) mass is 369 g/mol. The third kappa shape index (κ3) is 4.49. The fraction of sp³-hybridized carbons (Fsp3) is 0.571. The summed E-state index contributed by atoms with van der Waals surface area (Å²) in [5, 5.41) is 4.09. The highest BCUT2D eigenvalue weighted by molar-refractivity contribution is 5.76. The molecule has 1 amide bonds. The van der Waals surface area contributed by atoms with E-state index in [2.05, 4.69) is 10.1 Å². The molecule has 1 saturated heterocycles. The zero-order valence-electron chi connectivity index (χ0n) is 15.9. The Labute approximate surface area is 159 Å². The van der Waals surface area contributed by atoms with Crippen molar-refractivity contribution in [3.8, 4) is 5.75 Å². The SMILES string of the molecule is COc1ccccc1CCC(=O)N1CCC(CCc2noc(C3CC3)n2)C1. The zero-order valence-corrected chi connectivity index (χ0v) is 15.9. The number of aryl methyl sites for hydroxylation is 2. The minimum Gasteiger partial charge on any atom is -0.496 e. The van der Waals surface area contributed by atoms with Crippen LogP contribution in [-0.2, 0) is 17.6 Å². The van der Waals surface area contributed by atoms with E-state index >= 15 is 0 Å². The average Bonchev–Trinajstić information content (AvgIpc) is 3.25. The number of nitrogens with zero attached hydrogens (tertiary/aromatic N) is 3. The fourth-order valence-electron chi connectivity index (χ4n) is 3.80. The Balaban J connectivity index is 1.21. The van der Waals surface area contributed by atoms with Crippen LogP contribution in [0.1, 0.15) is 55.3 Å². The Bertz CT molecular complexity index is 784. The minimum absolute atomic E-state index is 0.235. The van der Waals surface area contributed by atoms with E-state index in [1.807, 2.05) is 29.2 Å². The second-order valence-corrected chi connectivity index (χ2v) is 7.67. The molecule has 2 aliphatic rings. The van der Waals surface area contributed by atoms with Crippen molar-refractivity contribution in [2.75, 3.05) is 20.2 Å². The number of benzene rings is 1. The molecule has 1 aromatic carbocycles. The van der Waals surface area contributed by atoms with Crippen molar-refractivity contribution in [3.63, 3.8) is 0 Å². The van der Waals surface area contributed by atoms with Gasteiger partial charge in [-0.05, 0) is 49.7 Å². The smallest absolute Gasteiger partial charge is 0.229 e. The van der Waals surface area contributed by atoms with Crippen molar-refractivity contribution in [1.82, 2.24) is 15.0 Å². The summed E-state index contributed by atoms with van der Waals surface area (Å²) in [5.41, 5.74) is 1.09. The predicted molar refractivity (Wildman–Crippen MR) is 101 cm³/mol. The summed E-state index contributed by atoms with van der Waals surface area (Å²) in [6.45, 7) is 1.70. The molecule has 1 aromatic heterocycles. The number of likely N-dealkylation sites (tertiary alicyclic amines) is 1. The Kier molecular flexibility index (Phi) is 5.41. The molecule has 0 radical (unpaired) electrons. The summed E-state index contributed by atoms with van der Waals surface area (Å²) in [6.07, 6.45) is 6.52. The Morgan fingerprint density at radius 2 is 2.11 bits per heavy atom. The summed E-state index contributed by atoms with van der Waals surface area (Å²) in [4.78, 5) is 19.1. The third-order valence-electron chi connectivity index (χ3n) is 5.63. The van der Waals surface area contributed by atoms with Crippen molar-refractivity contribution in [1.29, 1.82) is 0 Å². The van der Waals surface area contributed by atoms with Gasteiger partial charge in [-0.2, -0.15) is 4.98 Å². The summed E-state index contributed by atoms with van der Waals surface area (Å²) >= 11 is 0. The molecule has 6 heteroatoms. The number of carbonyl (C=O) groups is 1. The summed E-state index contributed by atoms with van der Waals surface area (Å²) < 4.78 is 10.7. The van der Waals surface area contributed by atoms with Gasteiger partial charge in [0.05, 0.1) is 7.11 Å². The van der Waals surface area contributed by atoms with E-state index in [1.54, 1.807) is 7.11 Å².